The van der Waals surface area contributed by atoms with Gasteiger partial charge in [-0.2, -0.15) is 11.8 Å². The lowest BCUT2D eigenvalue weighted by molar-refractivity contribution is -0.385. The summed E-state index contributed by atoms with van der Waals surface area (Å²) in [6.07, 6.45) is 4.45. The van der Waals surface area contributed by atoms with E-state index in [1.807, 2.05) is 17.8 Å². The number of unbranched alkanes of at least 4 members (excludes halogenated alkanes) is 1. The Hall–Kier alpha value is -0.590. The van der Waals surface area contributed by atoms with Gasteiger partial charge in [-0.05, 0) is 59.0 Å². The second-order valence-corrected chi connectivity index (χ2v) is 5.76. The predicted octanol–water partition coefficient (Wildman–Crippen LogP) is 3.59. The van der Waals surface area contributed by atoms with Crippen molar-refractivity contribution in [2.45, 2.75) is 19.4 Å². The molecule has 0 amide bonds. The largest absolute Gasteiger partial charge is 0.313 e. The quantitative estimate of drug-likeness (QED) is 0.449. The molecule has 18 heavy (non-hydrogen) atoms. The fraction of sp³-hybridized carbons (Fsp3) is 0.500. The van der Waals surface area contributed by atoms with Crippen LogP contribution in [0.4, 0.5) is 5.69 Å². The van der Waals surface area contributed by atoms with Crippen molar-refractivity contribution in [3.63, 3.8) is 0 Å². The molecule has 4 nitrogen and oxygen atoms in total. The van der Waals surface area contributed by atoms with Crippen LogP contribution in [0.15, 0.2) is 22.7 Å². The highest BCUT2D eigenvalue weighted by molar-refractivity contribution is 9.10. The van der Waals surface area contributed by atoms with Gasteiger partial charge < -0.3 is 5.32 Å². The van der Waals surface area contributed by atoms with Crippen molar-refractivity contribution in [3.05, 3.63) is 38.3 Å². The SMILES string of the molecule is CSCCCCNCc1ccc(Br)c([N+](=O)[O-])c1. The van der Waals surface area contributed by atoms with E-state index in [1.165, 1.54) is 12.2 Å². The van der Waals surface area contributed by atoms with E-state index < -0.39 is 0 Å². The van der Waals surface area contributed by atoms with Crippen LogP contribution >= 0.6 is 27.7 Å². The number of nitrogens with one attached hydrogen (secondary N) is 1. The van der Waals surface area contributed by atoms with Gasteiger partial charge in [0.05, 0.1) is 9.40 Å². The topological polar surface area (TPSA) is 55.2 Å². The first-order valence-corrected chi connectivity index (χ1v) is 7.96. The second-order valence-electron chi connectivity index (χ2n) is 3.92. The first-order chi connectivity index (χ1) is 8.65. The number of halogens is 1. The highest BCUT2D eigenvalue weighted by Crippen LogP contribution is 2.25. The van der Waals surface area contributed by atoms with Crippen molar-refractivity contribution >= 4 is 33.4 Å². The molecule has 0 bridgehead atoms. The van der Waals surface area contributed by atoms with Gasteiger partial charge in [0.15, 0.2) is 0 Å². The van der Waals surface area contributed by atoms with Crippen LogP contribution in [0.3, 0.4) is 0 Å². The van der Waals surface area contributed by atoms with Gasteiger partial charge in [-0.1, -0.05) is 6.07 Å². The smallest absolute Gasteiger partial charge is 0.283 e. The summed E-state index contributed by atoms with van der Waals surface area (Å²) in [7, 11) is 0. The van der Waals surface area contributed by atoms with Crippen LogP contribution in [-0.2, 0) is 6.54 Å². The van der Waals surface area contributed by atoms with Gasteiger partial charge in [0, 0.05) is 12.6 Å². The minimum atomic E-state index is -0.369. The first kappa shape index (κ1) is 15.5. The zero-order valence-electron chi connectivity index (χ0n) is 10.3. The molecule has 6 heteroatoms. The average Bonchev–Trinajstić information content (AvgIpc) is 2.35. The molecule has 0 aliphatic carbocycles. The molecular weight excluding hydrogens is 316 g/mol. The third-order valence-electron chi connectivity index (χ3n) is 2.49. The molecule has 0 atom stereocenters. The van der Waals surface area contributed by atoms with Gasteiger partial charge in [0.2, 0.25) is 0 Å². The van der Waals surface area contributed by atoms with Crippen LogP contribution < -0.4 is 5.32 Å². The minimum Gasteiger partial charge on any atom is -0.313 e. The van der Waals surface area contributed by atoms with Crippen LogP contribution in [0, 0.1) is 10.1 Å². The van der Waals surface area contributed by atoms with Crippen molar-refractivity contribution in [2.24, 2.45) is 0 Å². The van der Waals surface area contributed by atoms with Crippen molar-refractivity contribution in [3.8, 4) is 0 Å². The van der Waals surface area contributed by atoms with E-state index in [0.717, 1.165) is 18.5 Å². The Bertz CT molecular complexity index is 402. The lowest BCUT2D eigenvalue weighted by atomic mass is 10.2. The Labute approximate surface area is 120 Å². The Morgan fingerprint density at radius 2 is 2.22 bits per heavy atom. The fourth-order valence-electron chi connectivity index (χ4n) is 1.54. The van der Waals surface area contributed by atoms with Gasteiger partial charge in [0.25, 0.3) is 5.69 Å². The molecule has 0 spiro atoms. The highest BCUT2D eigenvalue weighted by Gasteiger charge is 2.11. The van der Waals surface area contributed by atoms with E-state index in [9.17, 15) is 10.1 Å². The Morgan fingerprint density at radius 3 is 2.89 bits per heavy atom. The van der Waals surface area contributed by atoms with Crippen molar-refractivity contribution in [2.75, 3.05) is 18.6 Å². The maximum atomic E-state index is 10.8. The molecule has 1 aromatic carbocycles. The minimum absolute atomic E-state index is 0.122. The van der Waals surface area contributed by atoms with E-state index in [0.29, 0.717) is 11.0 Å². The molecule has 0 heterocycles. The summed E-state index contributed by atoms with van der Waals surface area (Å²) in [5.74, 6) is 1.19. The molecule has 0 aromatic heterocycles. The summed E-state index contributed by atoms with van der Waals surface area (Å²) in [6.45, 7) is 1.62. The van der Waals surface area contributed by atoms with Crippen LogP contribution in [0.25, 0.3) is 0 Å². The molecule has 0 saturated heterocycles. The van der Waals surface area contributed by atoms with Gasteiger partial charge in [-0.25, -0.2) is 0 Å². The number of thioether (sulfide) groups is 1. The Morgan fingerprint density at radius 1 is 1.44 bits per heavy atom. The number of rotatable bonds is 8. The van der Waals surface area contributed by atoms with Crippen LogP contribution in [0.5, 0.6) is 0 Å². The van der Waals surface area contributed by atoms with E-state index in [-0.39, 0.29) is 10.6 Å². The molecule has 0 aliphatic heterocycles. The predicted molar refractivity (Wildman–Crippen MR) is 80.1 cm³/mol. The lowest BCUT2D eigenvalue weighted by Crippen LogP contribution is -2.14. The van der Waals surface area contributed by atoms with Gasteiger partial charge >= 0.3 is 0 Å². The molecular formula is C12H17BrN2O2S. The van der Waals surface area contributed by atoms with E-state index >= 15 is 0 Å². The summed E-state index contributed by atoms with van der Waals surface area (Å²) < 4.78 is 0.524. The van der Waals surface area contributed by atoms with E-state index in [2.05, 4.69) is 27.5 Å². The van der Waals surface area contributed by atoms with Crippen molar-refractivity contribution < 1.29 is 4.92 Å². The zero-order valence-corrected chi connectivity index (χ0v) is 12.7. The Kier molecular flexibility index (Phi) is 7.31. The summed E-state index contributed by atoms with van der Waals surface area (Å²) in [4.78, 5) is 10.4. The van der Waals surface area contributed by atoms with Crippen molar-refractivity contribution in [1.29, 1.82) is 0 Å². The zero-order chi connectivity index (χ0) is 13.4. The molecule has 0 fully saturated rings. The van der Waals surface area contributed by atoms with Gasteiger partial charge in [0.1, 0.15) is 0 Å². The molecule has 0 saturated carbocycles. The fourth-order valence-corrected chi connectivity index (χ4v) is 2.42. The summed E-state index contributed by atoms with van der Waals surface area (Å²) in [6, 6.07) is 5.23. The second kappa shape index (κ2) is 8.50. The standard InChI is InChI=1S/C12H17BrN2O2S/c1-18-7-3-2-6-14-9-10-4-5-11(13)12(8-10)15(16)17/h4-5,8,14H,2-3,6-7,9H2,1H3. The molecule has 100 valence electrons. The molecule has 1 N–H and O–H groups in total. The molecule has 1 aromatic rings. The van der Waals surface area contributed by atoms with Gasteiger partial charge in [-0.15, -0.1) is 0 Å². The van der Waals surface area contributed by atoms with Crippen LogP contribution in [0.1, 0.15) is 18.4 Å². The van der Waals surface area contributed by atoms with E-state index in [1.54, 1.807) is 12.1 Å². The molecule has 0 unspecified atom stereocenters. The first-order valence-electron chi connectivity index (χ1n) is 5.77. The molecule has 1 rings (SSSR count). The molecule has 0 aliphatic rings. The number of hydrogen-bond donors (Lipinski definition) is 1. The summed E-state index contributed by atoms with van der Waals surface area (Å²) in [5, 5.41) is 14.1. The monoisotopic (exact) mass is 332 g/mol. The van der Waals surface area contributed by atoms with E-state index in [4.69, 9.17) is 0 Å². The summed E-state index contributed by atoms with van der Waals surface area (Å²) in [5.41, 5.74) is 1.06. The lowest BCUT2D eigenvalue weighted by Gasteiger charge is -2.05. The third kappa shape index (κ3) is 5.37. The Balaban J connectivity index is 2.38. The average molecular weight is 333 g/mol. The maximum Gasteiger partial charge on any atom is 0.283 e. The summed E-state index contributed by atoms with van der Waals surface area (Å²) >= 11 is 5.03. The van der Waals surface area contributed by atoms with Gasteiger partial charge in [-0.3, -0.25) is 10.1 Å². The van der Waals surface area contributed by atoms with Crippen LogP contribution in [-0.4, -0.2) is 23.5 Å². The number of nitro benzene ring substituents is 1. The third-order valence-corrected chi connectivity index (χ3v) is 3.86. The van der Waals surface area contributed by atoms with Crippen LogP contribution in [0.2, 0.25) is 0 Å². The van der Waals surface area contributed by atoms with Crippen molar-refractivity contribution in [1.82, 2.24) is 5.32 Å². The highest BCUT2D eigenvalue weighted by atomic mass is 79.9. The number of nitro groups is 1. The maximum absolute atomic E-state index is 10.8. The number of nitrogens with zero attached hydrogens (tertiary/aromatic N) is 1. The normalized spacial score (nSPS) is 10.6. The number of benzene rings is 1. The molecule has 0 radical (unpaired) electrons. The number of hydrogen-bond acceptors (Lipinski definition) is 4.